The van der Waals surface area contributed by atoms with Gasteiger partial charge in [-0.15, -0.1) is 0 Å². The molecule has 18 heavy (non-hydrogen) atoms. The molecule has 0 aliphatic heterocycles. The van der Waals surface area contributed by atoms with Crippen LogP contribution < -0.4 is 16.6 Å². The summed E-state index contributed by atoms with van der Waals surface area (Å²) in [5, 5.41) is 3.39. The minimum atomic E-state index is 0.402. The molecule has 1 aliphatic rings. The van der Waals surface area contributed by atoms with Crippen LogP contribution >= 0.6 is 0 Å². The van der Waals surface area contributed by atoms with Gasteiger partial charge in [-0.05, 0) is 30.4 Å². The third-order valence-electron chi connectivity index (χ3n) is 3.31. The zero-order valence-corrected chi connectivity index (χ0v) is 10.9. The average molecular weight is 246 g/mol. The number of nitrogens with one attached hydrogen (secondary N) is 2. The second-order valence-electron chi connectivity index (χ2n) is 4.75. The van der Waals surface area contributed by atoms with Gasteiger partial charge in [-0.25, -0.2) is 5.84 Å². The summed E-state index contributed by atoms with van der Waals surface area (Å²) in [4.78, 5) is 4.43. The molecule has 0 fully saturated rings. The van der Waals surface area contributed by atoms with Crippen LogP contribution in [0.15, 0.2) is 29.3 Å². The molecule has 0 aromatic heterocycles. The highest BCUT2D eigenvalue weighted by Crippen LogP contribution is 2.21. The van der Waals surface area contributed by atoms with Gasteiger partial charge in [0.1, 0.15) is 0 Å². The number of hydrogen-bond acceptors (Lipinski definition) is 2. The highest BCUT2D eigenvalue weighted by molar-refractivity contribution is 5.79. The van der Waals surface area contributed by atoms with Crippen molar-refractivity contribution in [1.29, 1.82) is 0 Å². The van der Waals surface area contributed by atoms with Gasteiger partial charge in [-0.2, -0.15) is 0 Å². The molecule has 0 saturated carbocycles. The summed E-state index contributed by atoms with van der Waals surface area (Å²) in [6, 6.07) is 8.98. The maximum Gasteiger partial charge on any atom is 0.205 e. The number of rotatable bonds is 4. The van der Waals surface area contributed by atoms with E-state index < -0.39 is 0 Å². The number of nitrogens with zero attached hydrogens (tertiary/aromatic N) is 1. The van der Waals surface area contributed by atoms with E-state index in [-0.39, 0.29) is 0 Å². The van der Waals surface area contributed by atoms with Gasteiger partial charge in [0.25, 0.3) is 0 Å². The minimum absolute atomic E-state index is 0.402. The van der Waals surface area contributed by atoms with Crippen LogP contribution in [0.25, 0.3) is 0 Å². The normalized spacial score (nSPS) is 15.6. The van der Waals surface area contributed by atoms with Gasteiger partial charge in [0.05, 0.1) is 0 Å². The number of aliphatic imine (C=N–C) groups is 1. The number of benzene rings is 1. The largest absolute Gasteiger partial charge is 0.352 e. The number of hydrazine groups is 1. The summed E-state index contributed by atoms with van der Waals surface area (Å²) < 4.78 is 0. The molecule has 4 nitrogen and oxygen atoms in total. The Labute approximate surface area is 109 Å². The third-order valence-corrected chi connectivity index (χ3v) is 3.31. The monoisotopic (exact) mass is 246 g/mol. The molecule has 0 saturated heterocycles. The van der Waals surface area contributed by atoms with Gasteiger partial charge >= 0.3 is 0 Å². The van der Waals surface area contributed by atoms with E-state index in [2.05, 4.69) is 46.9 Å². The maximum atomic E-state index is 5.49. The summed E-state index contributed by atoms with van der Waals surface area (Å²) in [5.74, 6) is 6.20. The predicted octanol–water partition coefficient (Wildman–Crippen LogP) is 1.36. The molecule has 2 rings (SSSR count). The first-order valence-electron chi connectivity index (χ1n) is 6.68. The zero-order valence-electron chi connectivity index (χ0n) is 10.9. The van der Waals surface area contributed by atoms with Crippen molar-refractivity contribution in [3.8, 4) is 0 Å². The quantitative estimate of drug-likeness (QED) is 0.247. The summed E-state index contributed by atoms with van der Waals surface area (Å²) >= 11 is 0. The van der Waals surface area contributed by atoms with Gasteiger partial charge in [0.2, 0.25) is 5.96 Å². The van der Waals surface area contributed by atoms with Crippen LogP contribution in [0.1, 0.15) is 30.9 Å². The molecule has 0 unspecified atom stereocenters. The molecule has 0 amide bonds. The fraction of sp³-hybridized carbons (Fsp3) is 0.500. The van der Waals surface area contributed by atoms with Crippen molar-refractivity contribution in [3.63, 3.8) is 0 Å². The predicted molar refractivity (Wildman–Crippen MR) is 75.3 cm³/mol. The molecule has 0 heterocycles. The van der Waals surface area contributed by atoms with Gasteiger partial charge in [0.15, 0.2) is 0 Å². The summed E-state index contributed by atoms with van der Waals surface area (Å²) in [6.07, 6.45) is 4.34. The Morgan fingerprint density at radius 3 is 2.56 bits per heavy atom. The molecule has 1 aliphatic carbocycles. The zero-order chi connectivity index (χ0) is 12.8. The first kappa shape index (κ1) is 12.9. The smallest absolute Gasteiger partial charge is 0.205 e. The van der Waals surface area contributed by atoms with Crippen molar-refractivity contribution in [3.05, 3.63) is 35.4 Å². The molecule has 1 aromatic carbocycles. The number of fused-ring (bicyclic) bond motifs is 1. The molecular weight excluding hydrogens is 224 g/mol. The summed E-state index contributed by atoms with van der Waals surface area (Å²) in [6.45, 7) is 2.98. The molecule has 1 aromatic rings. The standard InChI is InChI=1S/C14H22N4/c1-2-3-8-16-14(18-15)17-13-9-11-6-4-5-7-12(11)10-13/h4-7,13H,2-3,8-10,15H2,1H3,(H2,16,17,18). The average Bonchev–Trinajstić information content (AvgIpc) is 2.80. The Morgan fingerprint density at radius 2 is 2.00 bits per heavy atom. The molecule has 4 N–H and O–H groups in total. The van der Waals surface area contributed by atoms with Crippen molar-refractivity contribution in [2.24, 2.45) is 10.8 Å². The minimum Gasteiger partial charge on any atom is -0.352 e. The van der Waals surface area contributed by atoms with E-state index in [9.17, 15) is 0 Å². The second-order valence-corrected chi connectivity index (χ2v) is 4.75. The maximum absolute atomic E-state index is 5.49. The van der Waals surface area contributed by atoms with E-state index in [1.807, 2.05) is 0 Å². The molecule has 0 bridgehead atoms. The lowest BCUT2D eigenvalue weighted by Gasteiger charge is -2.15. The van der Waals surface area contributed by atoms with Gasteiger partial charge in [-0.3, -0.25) is 10.4 Å². The number of guanidine groups is 1. The van der Waals surface area contributed by atoms with Crippen LogP contribution in [-0.4, -0.2) is 18.5 Å². The summed E-state index contributed by atoms with van der Waals surface area (Å²) in [5.41, 5.74) is 5.51. The first-order valence-corrected chi connectivity index (χ1v) is 6.68. The van der Waals surface area contributed by atoms with Crippen LogP contribution in [0.3, 0.4) is 0 Å². The Kier molecular flexibility index (Phi) is 4.59. The Bertz CT molecular complexity index is 389. The van der Waals surface area contributed by atoms with E-state index in [0.717, 1.165) is 32.2 Å². The lowest BCUT2D eigenvalue weighted by atomic mass is 10.1. The Hall–Kier alpha value is -1.55. The highest BCUT2D eigenvalue weighted by atomic mass is 15.3. The van der Waals surface area contributed by atoms with Gasteiger partial charge in [-0.1, -0.05) is 37.6 Å². The van der Waals surface area contributed by atoms with Crippen LogP contribution in [0, 0.1) is 0 Å². The van der Waals surface area contributed by atoms with Crippen molar-refractivity contribution < 1.29 is 0 Å². The lowest BCUT2D eigenvalue weighted by Crippen LogP contribution is -2.46. The van der Waals surface area contributed by atoms with Crippen molar-refractivity contribution >= 4 is 5.96 Å². The third kappa shape index (κ3) is 3.23. The SMILES string of the molecule is CCCCN=C(NN)NC1Cc2ccccc2C1. The van der Waals surface area contributed by atoms with Crippen LogP contribution in [-0.2, 0) is 12.8 Å². The molecule has 0 radical (unpaired) electrons. The fourth-order valence-electron chi connectivity index (χ4n) is 2.34. The summed E-state index contributed by atoms with van der Waals surface area (Å²) in [7, 11) is 0. The van der Waals surface area contributed by atoms with E-state index in [1.165, 1.54) is 11.1 Å². The fourth-order valence-corrected chi connectivity index (χ4v) is 2.34. The number of nitrogens with two attached hydrogens (primary N) is 1. The van der Waals surface area contributed by atoms with E-state index in [1.54, 1.807) is 0 Å². The van der Waals surface area contributed by atoms with Crippen LogP contribution in [0.5, 0.6) is 0 Å². The second kappa shape index (κ2) is 6.40. The lowest BCUT2D eigenvalue weighted by molar-refractivity contribution is 0.625. The highest BCUT2D eigenvalue weighted by Gasteiger charge is 2.21. The topological polar surface area (TPSA) is 62.4 Å². The van der Waals surface area contributed by atoms with Crippen molar-refractivity contribution in [2.45, 2.75) is 38.6 Å². The van der Waals surface area contributed by atoms with E-state index in [4.69, 9.17) is 5.84 Å². The van der Waals surface area contributed by atoms with Crippen LogP contribution in [0.2, 0.25) is 0 Å². The molecule has 0 atom stereocenters. The van der Waals surface area contributed by atoms with Crippen LogP contribution in [0.4, 0.5) is 0 Å². The number of unbranched alkanes of at least 4 members (excludes halogenated alkanes) is 1. The molecular formula is C14H22N4. The first-order chi connectivity index (χ1) is 8.83. The van der Waals surface area contributed by atoms with Gasteiger partial charge < -0.3 is 5.32 Å². The number of hydrogen-bond donors (Lipinski definition) is 3. The molecule has 98 valence electrons. The van der Waals surface area contributed by atoms with E-state index >= 15 is 0 Å². The van der Waals surface area contributed by atoms with Crippen molar-refractivity contribution in [2.75, 3.05) is 6.54 Å². The van der Waals surface area contributed by atoms with Gasteiger partial charge in [0, 0.05) is 12.6 Å². The van der Waals surface area contributed by atoms with E-state index in [0.29, 0.717) is 12.0 Å². The Morgan fingerprint density at radius 1 is 1.33 bits per heavy atom. The Balaban J connectivity index is 1.89. The van der Waals surface area contributed by atoms with Crippen molar-refractivity contribution in [1.82, 2.24) is 10.7 Å². The molecule has 0 spiro atoms. The molecule has 4 heteroatoms.